The van der Waals surface area contributed by atoms with E-state index in [1.807, 2.05) is 35.0 Å². The molecule has 2 aromatic carbocycles. The average Bonchev–Trinajstić information content (AvgIpc) is 3.25. The lowest BCUT2D eigenvalue weighted by molar-refractivity contribution is 0.254. The summed E-state index contributed by atoms with van der Waals surface area (Å²) in [6.07, 6.45) is 4.85. The summed E-state index contributed by atoms with van der Waals surface area (Å²) in [4.78, 5) is 9.08. The zero-order valence-electron chi connectivity index (χ0n) is 17.6. The zero-order chi connectivity index (χ0) is 22.5. The molecule has 8 nitrogen and oxygen atoms in total. The van der Waals surface area contributed by atoms with Crippen molar-refractivity contribution in [3.63, 3.8) is 0 Å². The van der Waals surface area contributed by atoms with Crippen LogP contribution in [0.3, 0.4) is 0 Å². The van der Waals surface area contributed by atoms with Crippen LogP contribution in [0.4, 0.5) is 11.6 Å². The van der Waals surface area contributed by atoms with E-state index in [0.717, 1.165) is 22.3 Å². The molecule has 162 valence electrons. The maximum absolute atomic E-state index is 9.67. The van der Waals surface area contributed by atoms with Crippen LogP contribution in [0.2, 0.25) is 0 Å². The van der Waals surface area contributed by atoms with Gasteiger partial charge in [-0.1, -0.05) is 12.1 Å². The van der Waals surface area contributed by atoms with E-state index < -0.39 is 0 Å². The first-order chi connectivity index (χ1) is 15.7. The predicted octanol–water partition coefficient (Wildman–Crippen LogP) is 3.61. The van der Waals surface area contributed by atoms with Gasteiger partial charge in [-0.15, -0.1) is 0 Å². The lowest BCUT2D eigenvalue weighted by Crippen LogP contribution is -2.03. The molecule has 0 radical (unpaired) electrons. The summed E-state index contributed by atoms with van der Waals surface area (Å²) in [6, 6.07) is 15.6. The van der Waals surface area contributed by atoms with Crippen molar-refractivity contribution < 1.29 is 14.9 Å². The molecule has 0 spiro atoms. The minimum absolute atomic E-state index is 0.230. The van der Waals surface area contributed by atoms with E-state index in [4.69, 9.17) is 10.00 Å². The van der Waals surface area contributed by atoms with Crippen molar-refractivity contribution in [3.05, 3.63) is 71.5 Å². The van der Waals surface area contributed by atoms with Crippen molar-refractivity contribution in [2.45, 2.75) is 26.1 Å². The van der Waals surface area contributed by atoms with Crippen molar-refractivity contribution in [2.24, 2.45) is 0 Å². The van der Waals surface area contributed by atoms with Gasteiger partial charge >= 0.3 is 0 Å². The minimum atomic E-state index is -0.233. The van der Waals surface area contributed by atoms with Crippen LogP contribution in [0.25, 0.3) is 16.7 Å². The van der Waals surface area contributed by atoms with Gasteiger partial charge in [-0.25, -0.2) is 4.98 Å². The molecule has 4 rings (SSSR count). The minimum Gasteiger partial charge on any atom is -0.496 e. The van der Waals surface area contributed by atoms with E-state index in [2.05, 4.69) is 27.4 Å². The quantitative estimate of drug-likeness (QED) is 0.392. The van der Waals surface area contributed by atoms with E-state index in [1.165, 1.54) is 7.11 Å². The van der Waals surface area contributed by atoms with Gasteiger partial charge in [0.05, 0.1) is 26.4 Å². The summed E-state index contributed by atoms with van der Waals surface area (Å²) in [7, 11) is 1.51. The Morgan fingerprint density at radius 3 is 2.78 bits per heavy atom. The maximum Gasteiger partial charge on any atom is 0.229 e. The number of aryl methyl sites for hydroxylation is 1. The number of methoxy groups -OCH3 is 1. The highest BCUT2D eigenvalue weighted by atomic mass is 16.5. The monoisotopic (exact) mass is 429 g/mol. The second-order valence-electron chi connectivity index (χ2n) is 7.24. The molecule has 0 saturated heterocycles. The van der Waals surface area contributed by atoms with Gasteiger partial charge in [-0.2, -0.15) is 10.2 Å². The Kier molecular flexibility index (Phi) is 6.31. The Morgan fingerprint density at radius 1 is 1.16 bits per heavy atom. The van der Waals surface area contributed by atoms with Crippen LogP contribution >= 0.6 is 0 Å². The third-order valence-corrected chi connectivity index (χ3v) is 5.25. The number of aromatic nitrogens is 3. The van der Waals surface area contributed by atoms with E-state index >= 15 is 0 Å². The molecule has 8 heteroatoms. The second kappa shape index (κ2) is 9.47. The van der Waals surface area contributed by atoms with Gasteiger partial charge in [0.1, 0.15) is 11.4 Å². The normalized spacial score (nSPS) is 10.8. The molecule has 2 heterocycles. The van der Waals surface area contributed by atoms with Gasteiger partial charge in [0.15, 0.2) is 0 Å². The molecule has 0 saturated carbocycles. The molecule has 32 heavy (non-hydrogen) atoms. The Labute approximate surface area is 185 Å². The summed E-state index contributed by atoms with van der Waals surface area (Å²) >= 11 is 0. The number of fused-ring (bicyclic) bond motifs is 1. The smallest absolute Gasteiger partial charge is 0.229 e. The largest absolute Gasteiger partial charge is 0.496 e. The van der Waals surface area contributed by atoms with Gasteiger partial charge in [0, 0.05) is 47.2 Å². The number of anilines is 2. The topological polar surface area (TPSA) is 116 Å². The summed E-state index contributed by atoms with van der Waals surface area (Å²) in [6.45, 7) is -0.463. The molecule has 2 aromatic heterocycles. The van der Waals surface area contributed by atoms with Crippen molar-refractivity contribution in [2.75, 3.05) is 12.4 Å². The van der Waals surface area contributed by atoms with E-state index in [1.54, 1.807) is 18.3 Å². The Hall–Kier alpha value is -3.93. The molecule has 0 aliphatic carbocycles. The molecular formula is C24H23N5O3. The third kappa shape index (κ3) is 4.25. The number of aliphatic hydroxyl groups excluding tert-OH is 2. The van der Waals surface area contributed by atoms with Crippen LogP contribution in [0.5, 0.6) is 5.75 Å². The second-order valence-corrected chi connectivity index (χ2v) is 7.24. The third-order valence-electron chi connectivity index (χ3n) is 5.25. The molecule has 0 amide bonds. The van der Waals surface area contributed by atoms with Crippen LogP contribution in [-0.2, 0) is 19.6 Å². The Bertz CT molecular complexity index is 1270. The van der Waals surface area contributed by atoms with Gasteiger partial charge in [-0.05, 0) is 41.8 Å². The number of benzene rings is 2. The van der Waals surface area contributed by atoms with Crippen LogP contribution in [0, 0.1) is 11.3 Å². The number of aliphatic hydroxyl groups is 2. The molecule has 0 aliphatic heterocycles. The Morgan fingerprint density at radius 2 is 2.03 bits per heavy atom. The van der Waals surface area contributed by atoms with Crippen molar-refractivity contribution in [1.82, 2.24) is 14.5 Å². The average molecular weight is 429 g/mol. The van der Waals surface area contributed by atoms with Gasteiger partial charge in [0.25, 0.3) is 0 Å². The van der Waals surface area contributed by atoms with Crippen LogP contribution < -0.4 is 10.1 Å². The zero-order valence-corrected chi connectivity index (χ0v) is 17.6. The fraction of sp³-hybridized carbons (Fsp3) is 0.208. The predicted molar refractivity (Wildman–Crippen MR) is 121 cm³/mol. The van der Waals surface area contributed by atoms with Crippen molar-refractivity contribution >= 4 is 22.7 Å². The standard InChI is InChI=1S/C24H23N5O3/c1-32-22-12-19(11-18(14-30)21(22)15-31)27-24-26-13-17-7-9-29(23(17)28-24)20-6-2-4-16(10-20)5-3-8-25/h2,4,6-7,9-13,30-31H,3,5,14-15H2,1H3,(H,26,27,28). The summed E-state index contributed by atoms with van der Waals surface area (Å²) in [5, 5.41) is 32.2. The fourth-order valence-electron chi connectivity index (χ4n) is 3.66. The summed E-state index contributed by atoms with van der Waals surface area (Å²) in [5.41, 5.74) is 4.53. The molecule has 0 aliphatic rings. The van der Waals surface area contributed by atoms with Crippen molar-refractivity contribution in [3.8, 4) is 17.5 Å². The molecule has 0 bridgehead atoms. The molecule has 0 unspecified atom stereocenters. The number of hydrogen-bond donors (Lipinski definition) is 3. The first kappa shape index (κ1) is 21.3. The first-order valence-electron chi connectivity index (χ1n) is 10.2. The highest BCUT2D eigenvalue weighted by Gasteiger charge is 2.13. The van der Waals surface area contributed by atoms with E-state index in [9.17, 15) is 10.2 Å². The van der Waals surface area contributed by atoms with Crippen LogP contribution in [-0.4, -0.2) is 31.9 Å². The Balaban J connectivity index is 1.69. The maximum atomic E-state index is 9.67. The first-order valence-corrected chi connectivity index (χ1v) is 10.2. The van der Waals surface area contributed by atoms with Crippen LogP contribution in [0.15, 0.2) is 54.9 Å². The molecular weight excluding hydrogens is 406 g/mol. The lowest BCUT2D eigenvalue weighted by atomic mass is 10.1. The highest BCUT2D eigenvalue weighted by molar-refractivity contribution is 5.79. The number of ether oxygens (including phenoxy) is 1. The number of nitrogens with one attached hydrogen (secondary N) is 1. The SMILES string of the molecule is COc1cc(Nc2ncc3ccn(-c4cccc(CCC#N)c4)c3n2)cc(CO)c1CO. The van der Waals surface area contributed by atoms with E-state index in [-0.39, 0.29) is 13.2 Å². The van der Waals surface area contributed by atoms with Crippen molar-refractivity contribution in [1.29, 1.82) is 5.26 Å². The van der Waals surface area contributed by atoms with Gasteiger partial charge in [-0.3, -0.25) is 0 Å². The highest BCUT2D eigenvalue weighted by Crippen LogP contribution is 2.29. The lowest BCUT2D eigenvalue weighted by Gasteiger charge is -2.14. The number of hydrogen-bond acceptors (Lipinski definition) is 7. The van der Waals surface area contributed by atoms with Gasteiger partial charge in [0.2, 0.25) is 5.95 Å². The molecule has 0 atom stereocenters. The molecule has 4 aromatic rings. The van der Waals surface area contributed by atoms with Crippen LogP contribution in [0.1, 0.15) is 23.1 Å². The number of rotatable bonds is 8. The van der Waals surface area contributed by atoms with E-state index in [0.29, 0.717) is 41.4 Å². The molecule has 3 N–H and O–H groups in total. The summed E-state index contributed by atoms with van der Waals surface area (Å²) < 4.78 is 7.33. The summed E-state index contributed by atoms with van der Waals surface area (Å²) in [5.74, 6) is 0.862. The fourth-order valence-corrected chi connectivity index (χ4v) is 3.66. The van der Waals surface area contributed by atoms with Gasteiger partial charge < -0.3 is 24.8 Å². The number of nitriles is 1. The number of nitrogens with zero attached hydrogens (tertiary/aromatic N) is 4. The molecule has 0 fully saturated rings.